The van der Waals surface area contributed by atoms with Crippen LogP contribution >= 0.6 is 0 Å². The second-order valence-electron chi connectivity index (χ2n) is 2.90. The van der Waals surface area contributed by atoms with Crippen LogP contribution in [0.15, 0.2) is 48.7 Å². The number of methoxy groups -OCH3 is 1. The van der Waals surface area contributed by atoms with Gasteiger partial charge in [0.05, 0.1) is 7.11 Å². The Morgan fingerprint density at radius 2 is 1.64 bits per heavy atom. The van der Waals surface area contributed by atoms with Gasteiger partial charge in [-0.2, -0.15) is 9.59 Å². The van der Waals surface area contributed by atoms with Crippen molar-refractivity contribution in [1.82, 2.24) is 5.32 Å². The van der Waals surface area contributed by atoms with Crippen molar-refractivity contribution in [2.75, 3.05) is 7.11 Å². The Labute approximate surface area is 128 Å². The van der Waals surface area contributed by atoms with Crippen LogP contribution in [0.5, 0.6) is 0 Å². The minimum atomic E-state index is -0.518. The topological polar surface area (TPSA) is 133 Å². The van der Waals surface area contributed by atoms with Crippen LogP contribution in [0.3, 0.4) is 0 Å². The molecule has 0 saturated carbocycles. The molecule has 0 aliphatic rings. The fraction of sp³-hybridized carbons (Fsp3) is 0.143. The molecule has 0 unspecified atom stereocenters. The van der Waals surface area contributed by atoms with E-state index in [1.165, 1.54) is 37.6 Å². The van der Waals surface area contributed by atoms with Gasteiger partial charge < -0.3 is 15.8 Å². The number of primary amides is 1. The average molecular weight is 310 g/mol. The number of rotatable bonds is 6. The predicted molar refractivity (Wildman–Crippen MR) is 77.7 cm³/mol. The lowest BCUT2D eigenvalue weighted by molar-refractivity contribution is -0.191. The van der Waals surface area contributed by atoms with E-state index in [-0.39, 0.29) is 12.1 Å². The van der Waals surface area contributed by atoms with Crippen molar-refractivity contribution in [2.45, 2.75) is 6.92 Å². The molecule has 0 aromatic carbocycles. The molecule has 0 fully saturated rings. The second kappa shape index (κ2) is 22.9. The predicted octanol–water partition coefficient (Wildman–Crippen LogP) is -0.00420. The molecule has 120 valence electrons. The third-order valence-corrected chi connectivity index (χ3v) is 1.37. The van der Waals surface area contributed by atoms with Gasteiger partial charge in [0, 0.05) is 18.4 Å². The maximum Gasteiger partial charge on any atom is 0.373 e. The average Bonchev–Trinajstić information content (AvgIpc) is 2.48. The largest absolute Gasteiger partial charge is 0.466 e. The number of carbonyl (C=O) groups excluding carboxylic acids is 5. The number of ether oxygens (including phenoxy) is 1. The standard InChI is InChI=1S/C7H10O2.C6H8N2O2.CO2/c1-3-4-5-6-7(8)9-2;7-6(10)3-1-2-4-8-5-9;2-1-3/h3-6H,1-2H3;1-5H,(H2,7,10)(H,8,9);/b4-3-,6-5-;3-1-,4-2-;. The Kier molecular flexibility index (Phi) is 24.8. The Bertz CT molecular complexity index is 458. The lowest BCUT2D eigenvalue weighted by Crippen LogP contribution is -2.05. The summed E-state index contributed by atoms with van der Waals surface area (Å²) in [5.41, 5.74) is 4.76. The molecule has 8 heteroatoms. The maximum atomic E-state index is 10.3. The first-order chi connectivity index (χ1) is 10.5. The zero-order chi connectivity index (χ0) is 17.6. The van der Waals surface area contributed by atoms with Gasteiger partial charge in [-0.05, 0) is 13.0 Å². The SMILES string of the molecule is C/C=C\C=C/C(=O)OC.NC(=O)/C=C\C=C/NC=O.O=C=O. The van der Waals surface area contributed by atoms with Gasteiger partial charge in [-0.15, -0.1) is 0 Å². The van der Waals surface area contributed by atoms with Crippen LogP contribution in [-0.4, -0.2) is 31.5 Å². The zero-order valence-corrected chi connectivity index (χ0v) is 12.2. The summed E-state index contributed by atoms with van der Waals surface area (Å²) in [5, 5.41) is 2.26. The summed E-state index contributed by atoms with van der Waals surface area (Å²) in [6.45, 7) is 1.88. The number of allylic oxidation sites excluding steroid dienone is 5. The molecule has 0 atom stereocenters. The molecule has 0 spiro atoms. The van der Waals surface area contributed by atoms with Crippen molar-refractivity contribution in [3.63, 3.8) is 0 Å². The summed E-state index contributed by atoms with van der Waals surface area (Å²) in [4.78, 5) is 46.3. The lowest BCUT2D eigenvalue weighted by atomic mass is 10.4. The van der Waals surface area contributed by atoms with Crippen molar-refractivity contribution < 1.29 is 28.7 Å². The summed E-state index contributed by atoms with van der Waals surface area (Å²) in [6, 6.07) is 0. The van der Waals surface area contributed by atoms with Gasteiger partial charge in [0.2, 0.25) is 12.3 Å². The van der Waals surface area contributed by atoms with Crippen LogP contribution in [0.4, 0.5) is 0 Å². The molecule has 0 aliphatic carbocycles. The number of hydrogen-bond acceptors (Lipinski definition) is 6. The number of esters is 1. The molecule has 0 aromatic rings. The quantitative estimate of drug-likeness (QED) is 0.307. The van der Waals surface area contributed by atoms with Crippen molar-refractivity contribution in [1.29, 1.82) is 0 Å². The highest BCUT2D eigenvalue weighted by molar-refractivity contribution is 5.86. The Morgan fingerprint density at radius 3 is 2.05 bits per heavy atom. The van der Waals surface area contributed by atoms with E-state index in [0.717, 1.165) is 0 Å². The molecule has 8 nitrogen and oxygen atoms in total. The molecule has 3 N–H and O–H groups in total. The molecule has 2 amide bonds. The van der Waals surface area contributed by atoms with E-state index in [4.69, 9.17) is 15.3 Å². The van der Waals surface area contributed by atoms with Crippen LogP contribution in [-0.2, 0) is 28.7 Å². The first-order valence-corrected chi connectivity index (χ1v) is 5.69. The van der Waals surface area contributed by atoms with E-state index in [1.54, 1.807) is 12.2 Å². The van der Waals surface area contributed by atoms with E-state index in [1.807, 2.05) is 13.0 Å². The molecule has 0 heterocycles. The van der Waals surface area contributed by atoms with Crippen LogP contribution < -0.4 is 11.1 Å². The van der Waals surface area contributed by atoms with Crippen LogP contribution in [0, 0.1) is 0 Å². The summed E-state index contributed by atoms with van der Waals surface area (Å²) in [7, 11) is 1.35. The third kappa shape index (κ3) is 36.0. The van der Waals surface area contributed by atoms with Gasteiger partial charge >= 0.3 is 12.1 Å². The van der Waals surface area contributed by atoms with Gasteiger partial charge in [0.25, 0.3) is 0 Å². The van der Waals surface area contributed by atoms with Crippen molar-refractivity contribution >= 4 is 24.4 Å². The minimum absolute atomic E-state index is 0.250. The first-order valence-electron chi connectivity index (χ1n) is 5.69. The molecule has 0 aromatic heterocycles. The van der Waals surface area contributed by atoms with Crippen molar-refractivity contribution in [2.24, 2.45) is 5.73 Å². The summed E-state index contributed by atoms with van der Waals surface area (Å²) in [6.07, 6.45) is 12.8. The minimum Gasteiger partial charge on any atom is -0.466 e. The lowest BCUT2D eigenvalue weighted by Gasteiger charge is -1.85. The Balaban J connectivity index is -0.000000279. The fourth-order valence-corrected chi connectivity index (χ4v) is 0.614. The monoisotopic (exact) mass is 310 g/mol. The molecule has 0 aliphatic heterocycles. The highest BCUT2D eigenvalue weighted by atomic mass is 16.5. The highest BCUT2D eigenvalue weighted by Gasteiger charge is 1.85. The molecule has 0 saturated heterocycles. The van der Waals surface area contributed by atoms with E-state index in [9.17, 15) is 14.4 Å². The third-order valence-electron chi connectivity index (χ3n) is 1.37. The molecular formula is C14H18N2O6. The van der Waals surface area contributed by atoms with Crippen LogP contribution in [0.25, 0.3) is 0 Å². The second-order valence-corrected chi connectivity index (χ2v) is 2.90. The number of hydrogen-bond donors (Lipinski definition) is 2. The number of nitrogens with two attached hydrogens (primary N) is 1. The van der Waals surface area contributed by atoms with Gasteiger partial charge in [0.15, 0.2) is 0 Å². The van der Waals surface area contributed by atoms with Crippen LogP contribution in [0.1, 0.15) is 6.92 Å². The van der Waals surface area contributed by atoms with Crippen LogP contribution in [0.2, 0.25) is 0 Å². The van der Waals surface area contributed by atoms with Crippen molar-refractivity contribution in [3.05, 3.63) is 48.7 Å². The molecular weight excluding hydrogens is 292 g/mol. The van der Waals surface area contributed by atoms with Gasteiger partial charge in [-0.25, -0.2) is 4.79 Å². The number of carbonyl (C=O) groups is 3. The van der Waals surface area contributed by atoms with Gasteiger partial charge in [0.1, 0.15) is 0 Å². The van der Waals surface area contributed by atoms with E-state index < -0.39 is 5.91 Å². The summed E-state index contributed by atoms with van der Waals surface area (Å²) < 4.78 is 4.34. The summed E-state index contributed by atoms with van der Waals surface area (Å²) in [5.74, 6) is -0.844. The molecule has 0 bridgehead atoms. The molecule has 0 radical (unpaired) electrons. The Hall–Kier alpha value is -3.25. The summed E-state index contributed by atoms with van der Waals surface area (Å²) >= 11 is 0. The normalized spacial score (nSPS) is 9.55. The molecule has 0 rings (SSSR count). The zero-order valence-electron chi connectivity index (χ0n) is 12.2. The Morgan fingerprint density at radius 1 is 1.09 bits per heavy atom. The molecule has 22 heavy (non-hydrogen) atoms. The highest BCUT2D eigenvalue weighted by Crippen LogP contribution is 1.79. The fourth-order valence-electron chi connectivity index (χ4n) is 0.614. The van der Waals surface area contributed by atoms with E-state index >= 15 is 0 Å². The maximum absolute atomic E-state index is 10.3. The number of amides is 2. The van der Waals surface area contributed by atoms with Gasteiger partial charge in [-0.1, -0.05) is 24.3 Å². The first kappa shape index (κ1) is 23.8. The van der Waals surface area contributed by atoms with Gasteiger partial charge in [-0.3, -0.25) is 9.59 Å². The number of nitrogens with one attached hydrogen (secondary N) is 1. The van der Waals surface area contributed by atoms with E-state index in [0.29, 0.717) is 6.41 Å². The smallest absolute Gasteiger partial charge is 0.373 e. The van der Waals surface area contributed by atoms with E-state index in [2.05, 4.69) is 10.1 Å². The van der Waals surface area contributed by atoms with Crippen molar-refractivity contribution in [3.8, 4) is 0 Å².